The Hall–Kier alpha value is -0.910. The van der Waals surface area contributed by atoms with E-state index in [2.05, 4.69) is 5.32 Å². The molecule has 0 spiro atoms. The molecule has 4 nitrogen and oxygen atoms in total. The molecule has 0 aromatic carbocycles. The number of ether oxygens (including phenoxy) is 2. The number of thiophene rings is 1. The van der Waals surface area contributed by atoms with Gasteiger partial charge in [0, 0.05) is 23.4 Å². The van der Waals surface area contributed by atoms with E-state index in [9.17, 15) is 4.79 Å². The van der Waals surface area contributed by atoms with Crippen molar-refractivity contribution in [3.8, 4) is 0 Å². The topological polar surface area (TPSA) is 47.6 Å². The summed E-state index contributed by atoms with van der Waals surface area (Å²) < 4.78 is 10.1. The lowest BCUT2D eigenvalue weighted by molar-refractivity contribution is -0.145. The molecular formula is C13H21NO3S. The highest BCUT2D eigenvalue weighted by atomic mass is 32.1. The molecule has 1 N–H and O–H groups in total. The Bertz CT molecular complexity index is 390. The molecule has 18 heavy (non-hydrogen) atoms. The molecule has 1 atom stereocenters. The Morgan fingerprint density at radius 2 is 2.22 bits per heavy atom. The number of hydrogen-bond donors (Lipinski definition) is 1. The zero-order valence-electron chi connectivity index (χ0n) is 11.4. The molecule has 5 heteroatoms. The van der Waals surface area contributed by atoms with Crippen molar-refractivity contribution in [1.82, 2.24) is 5.32 Å². The van der Waals surface area contributed by atoms with Crippen molar-refractivity contribution < 1.29 is 14.3 Å². The van der Waals surface area contributed by atoms with E-state index < -0.39 is 6.04 Å². The van der Waals surface area contributed by atoms with Crippen LogP contribution in [-0.2, 0) is 14.3 Å². The summed E-state index contributed by atoms with van der Waals surface area (Å²) in [5, 5.41) is 3.18. The lowest BCUT2D eigenvalue weighted by atomic mass is 10.1. The Kier molecular flexibility index (Phi) is 6.32. The van der Waals surface area contributed by atoms with E-state index in [-0.39, 0.29) is 5.97 Å². The van der Waals surface area contributed by atoms with E-state index in [0.29, 0.717) is 19.8 Å². The van der Waals surface area contributed by atoms with Gasteiger partial charge in [-0.05, 0) is 32.4 Å². The smallest absolute Gasteiger partial charge is 0.327 e. The van der Waals surface area contributed by atoms with Crippen molar-refractivity contribution in [2.24, 2.45) is 0 Å². The Balaban J connectivity index is 2.82. The second-order valence-corrected chi connectivity index (χ2v) is 5.46. The maximum atomic E-state index is 12.0. The zero-order valence-corrected chi connectivity index (χ0v) is 12.2. The normalized spacial score (nSPS) is 12.4. The molecule has 0 fully saturated rings. The van der Waals surface area contributed by atoms with Gasteiger partial charge in [-0.3, -0.25) is 5.32 Å². The van der Waals surface area contributed by atoms with Crippen LogP contribution in [-0.4, -0.2) is 32.8 Å². The quantitative estimate of drug-likeness (QED) is 0.610. The molecule has 1 aromatic heterocycles. The van der Waals surface area contributed by atoms with Crippen molar-refractivity contribution in [2.75, 3.05) is 26.9 Å². The fraction of sp³-hybridized carbons (Fsp3) is 0.615. The first-order valence-corrected chi connectivity index (χ1v) is 6.87. The third-order valence-electron chi connectivity index (χ3n) is 2.57. The van der Waals surface area contributed by atoms with E-state index >= 15 is 0 Å². The van der Waals surface area contributed by atoms with Crippen LogP contribution in [0.2, 0.25) is 0 Å². The van der Waals surface area contributed by atoms with Crippen LogP contribution in [0.25, 0.3) is 0 Å². The summed E-state index contributed by atoms with van der Waals surface area (Å²) in [4.78, 5) is 14.3. The molecule has 1 unspecified atom stereocenters. The molecule has 0 aliphatic heterocycles. The van der Waals surface area contributed by atoms with Crippen molar-refractivity contribution in [3.05, 3.63) is 21.4 Å². The van der Waals surface area contributed by atoms with Gasteiger partial charge in [-0.2, -0.15) is 0 Å². The molecule has 0 bridgehead atoms. The van der Waals surface area contributed by atoms with Crippen LogP contribution in [0, 0.1) is 13.8 Å². The molecule has 1 heterocycles. The maximum absolute atomic E-state index is 12.0. The average Bonchev–Trinajstić information content (AvgIpc) is 2.64. The minimum atomic E-state index is -0.398. The Morgan fingerprint density at radius 1 is 1.50 bits per heavy atom. The predicted molar refractivity (Wildman–Crippen MR) is 73.0 cm³/mol. The summed E-state index contributed by atoms with van der Waals surface area (Å²) in [5.41, 5.74) is 1.01. The predicted octanol–water partition coefficient (Wildman–Crippen LogP) is 2.21. The van der Waals surface area contributed by atoms with E-state index in [1.54, 1.807) is 18.4 Å². The van der Waals surface area contributed by atoms with Gasteiger partial charge >= 0.3 is 5.97 Å². The second kappa shape index (κ2) is 7.51. The van der Waals surface area contributed by atoms with Crippen molar-refractivity contribution in [2.45, 2.75) is 26.8 Å². The maximum Gasteiger partial charge on any atom is 0.327 e. The van der Waals surface area contributed by atoms with Gasteiger partial charge in [-0.1, -0.05) is 0 Å². The van der Waals surface area contributed by atoms with Crippen molar-refractivity contribution in [3.63, 3.8) is 0 Å². The van der Waals surface area contributed by atoms with E-state index in [4.69, 9.17) is 9.47 Å². The molecule has 0 saturated carbocycles. The third kappa shape index (κ3) is 4.08. The highest BCUT2D eigenvalue weighted by Gasteiger charge is 2.24. The third-order valence-corrected chi connectivity index (χ3v) is 3.55. The minimum Gasteiger partial charge on any atom is -0.465 e. The standard InChI is InChI=1S/C13H21NO3S/c1-5-17-13(15)12(14-6-7-16-4)11-8-9(2)18-10(11)3/h8,12,14H,5-7H2,1-4H3. The molecule has 0 radical (unpaired) electrons. The Morgan fingerprint density at radius 3 is 2.72 bits per heavy atom. The summed E-state index contributed by atoms with van der Waals surface area (Å²) >= 11 is 1.69. The minimum absolute atomic E-state index is 0.227. The van der Waals surface area contributed by atoms with E-state index in [1.807, 2.05) is 26.8 Å². The SMILES string of the molecule is CCOC(=O)C(NCCOC)c1cc(C)sc1C. The van der Waals surface area contributed by atoms with Gasteiger partial charge in [0.2, 0.25) is 0 Å². The summed E-state index contributed by atoms with van der Waals surface area (Å²) in [6, 6.07) is 1.64. The van der Waals surface area contributed by atoms with Gasteiger partial charge < -0.3 is 9.47 Å². The molecule has 0 aliphatic carbocycles. The van der Waals surface area contributed by atoms with Crippen LogP contribution in [0.15, 0.2) is 6.07 Å². The van der Waals surface area contributed by atoms with Gasteiger partial charge in [-0.25, -0.2) is 4.79 Å². The zero-order chi connectivity index (χ0) is 13.5. The monoisotopic (exact) mass is 271 g/mol. The second-order valence-electron chi connectivity index (χ2n) is 4.00. The molecular weight excluding hydrogens is 250 g/mol. The number of rotatable bonds is 7. The van der Waals surface area contributed by atoms with Gasteiger partial charge in [0.15, 0.2) is 0 Å². The highest BCUT2D eigenvalue weighted by molar-refractivity contribution is 7.12. The van der Waals surface area contributed by atoms with Crippen LogP contribution < -0.4 is 5.32 Å². The average molecular weight is 271 g/mol. The number of hydrogen-bond acceptors (Lipinski definition) is 5. The summed E-state index contributed by atoms with van der Waals surface area (Å²) in [7, 11) is 1.64. The lowest BCUT2D eigenvalue weighted by Gasteiger charge is -2.17. The van der Waals surface area contributed by atoms with Gasteiger partial charge in [0.25, 0.3) is 0 Å². The van der Waals surface area contributed by atoms with Crippen LogP contribution >= 0.6 is 11.3 Å². The van der Waals surface area contributed by atoms with Gasteiger partial charge in [0.05, 0.1) is 13.2 Å². The summed E-state index contributed by atoms with van der Waals surface area (Å²) in [6.07, 6.45) is 0. The number of nitrogens with one attached hydrogen (secondary N) is 1. The van der Waals surface area contributed by atoms with Gasteiger partial charge in [0.1, 0.15) is 6.04 Å². The highest BCUT2D eigenvalue weighted by Crippen LogP contribution is 2.27. The number of methoxy groups -OCH3 is 1. The first-order valence-electron chi connectivity index (χ1n) is 6.06. The lowest BCUT2D eigenvalue weighted by Crippen LogP contribution is -2.32. The first kappa shape index (κ1) is 15.1. The molecule has 0 amide bonds. The first-order chi connectivity index (χ1) is 8.60. The number of carbonyl (C=O) groups excluding carboxylic acids is 1. The molecule has 0 saturated heterocycles. The summed E-state index contributed by atoms with van der Waals surface area (Å²) in [5.74, 6) is -0.227. The van der Waals surface area contributed by atoms with E-state index in [1.165, 1.54) is 4.88 Å². The fourth-order valence-corrected chi connectivity index (χ4v) is 2.75. The number of esters is 1. The molecule has 102 valence electrons. The fourth-order valence-electron chi connectivity index (χ4n) is 1.79. The number of carbonyl (C=O) groups is 1. The molecule has 0 aliphatic rings. The van der Waals surface area contributed by atoms with Crippen molar-refractivity contribution >= 4 is 17.3 Å². The van der Waals surface area contributed by atoms with Crippen LogP contribution in [0.1, 0.15) is 28.3 Å². The van der Waals surface area contributed by atoms with Crippen LogP contribution in [0.4, 0.5) is 0 Å². The van der Waals surface area contributed by atoms with Crippen molar-refractivity contribution in [1.29, 1.82) is 0 Å². The van der Waals surface area contributed by atoms with Crippen LogP contribution in [0.5, 0.6) is 0 Å². The molecule has 1 aromatic rings. The Labute approximate surface area is 112 Å². The number of aryl methyl sites for hydroxylation is 2. The summed E-state index contributed by atoms with van der Waals surface area (Å²) in [6.45, 7) is 7.46. The molecule has 1 rings (SSSR count). The van der Waals surface area contributed by atoms with Crippen LogP contribution in [0.3, 0.4) is 0 Å². The largest absolute Gasteiger partial charge is 0.465 e. The van der Waals surface area contributed by atoms with Gasteiger partial charge in [-0.15, -0.1) is 11.3 Å². The van der Waals surface area contributed by atoms with E-state index in [0.717, 1.165) is 10.4 Å².